The molecule has 2 aliphatic rings. The Kier molecular flexibility index (Phi) is 4.00. The minimum Gasteiger partial charge on any atom is -0.372 e. The van der Waals surface area contributed by atoms with E-state index in [2.05, 4.69) is 11.8 Å². The number of likely N-dealkylation sites (tertiary alicyclic amines) is 1. The van der Waals surface area contributed by atoms with E-state index in [0.29, 0.717) is 18.2 Å². The van der Waals surface area contributed by atoms with E-state index >= 15 is 0 Å². The third kappa shape index (κ3) is 3.17. The van der Waals surface area contributed by atoms with E-state index in [1.165, 1.54) is 12.8 Å². The van der Waals surface area contributed by atoms with Crippen molar-refractivity contribution >= 4 is 5.78 Å². The smallest absolute Gasteiger partial charge is 0.157 e. The van der Waals surface area contributed by atoms with Crippen molar-refractivity contribution in [2.45, 2.75) is 51.9 Å². The van der Waals surface area contributed by atoms with Gasteiger partial charge in [0.15, 0.2) is 5.78 Å². The highest BCUT2D eigenvalue weighted by atomic mass is 16.5. The monoisotopic (exact) mass is 237 g/mol. The fourth-order valence-corrected chi connectivity index (χ4v) is 2.53. The zero-order chi connectivity index (χ0) is 12.4. The number of nitrogens with zero attached hydrogens (tertiary/aromatic N) is 1. The van der Waals surface area contributed by atoms with Gasteiger partial charge in [0.25, 0.3) is 0 Å². The van der Waals surface area contributed by atoms with Crippen LogP contribution in [0.1, 0.15) is 33.6 Å². The highest BCUT2D eigenvalue weighted by molar-refractivity contribution is 5.91. The zero-order valence-electron chi connectivity index (χ0n) is 11.1. The molecule has 2 saturated heterocycles. The lowest BCUT2D eigenvalue weighted by molar-refractivity contribution is -0.117. The lowest BCUT2D eigenvalue weighted by atomic mass is 10.1. The molecule has 3 nitrogen and oxygen atoms in total. The van der Waals surface area contributed by atoms with Crippen molar-refractivity contribution in [2.75, 3.05) is 13.1 Å². The molecule has 2 aliphatic heterocycles. The number of hydrogen-bond acceptors (Lipinski definition) is 3. The van der Waals surface area contributed by atoms with Gasteiger partial charge in [-0.2, -0.15) is 0 Å². The van der Waals surface area contributed by atoms with E-state index in [1.807, 2.05) is 19.9 Å². The summed E-state index contributed by atoms with van der Waals surface area (Å²) in [6, 6.07) is 0.338. The van der Waals surface area contributed by atoms with Crippen LogP contribution >= 0.6 is 0 Å². The Labute approximate surface area is 104 Å². The number of morpholine rings is 1. The molecule has 0 aromatic heterocycles. The van der Waals surface area contributed by atoms with Crippen molar-refractivity contribution in [2.24, 2.45) is 5.92 Å². The van der Waals surface area contributed by atoms with Crippen LogP contribution < -0.4 is 0 Å². The van der Waals surface area contributed by atoms with Crippen LogP contribution in [0.15, 0.2) is 12.2 Å². The number of carbonyl (C=O) groups excluding carboxylic acids is 1. The molecule has 0 aromatic rings. The molecule has 0 saturated carbocycles. The molecule has 0 amide bonds. The largest absolute Gasteiger partial charge is 0.372 e. The molecule has 0 radical (unpaired) electrons. The summed E-state index contributed by atoms with van der Waals surface area (Å²) in [5.74, 6) is 0.312. The number of ketones is 1. The molecule has 17 heavy (non-hydrogen) atoms. The van der Waals surface area contributed by atoms with E-state index < -0.39 is 0 Å². The summed E-state index contributed by atoms with van der Waals surface area (Å²) in [5.41, 5.74) is 0. The van der Waals surface area contributed by atoms with Crippen molar-refractivity contribution in [3.05, 3.63) is 12.2 Å². The summed E-state index contributed by atoms with van der Waals surface area (Å²) >= 11 is 0. The standard InChI is InChI=1S/C14H23NO2/c1-10(2)14(16)7-4-11(3)15-8-12-5-6-13(9-15)17-12/h4,7,10-13H,5-6,8-9H2,1-3H3/b7-4+. The number of allylic oxidation sites excluding steroid dienone is 1. The molecule has 0 N–H and O–H groups in total. The van der Waals surface area contributed by atoms with Crippen LogP contribution in [-0.4, -0.2) is 42.0 Å². The molecule has 3 heteroatoms. The fraction of sp³-hybridized carbons (Fsp3) is 0.786. The van der Waals surface area contributed by atoms with Crippen LogP contribution in [0, 0.1) is 5.92 Å². The highest BCUT2D eigenvalue weighted by Crippen LogP contribution is 2.27. The summed E-state index contributed by atoms with van der Waals surface area (Å²) in [4.78, 5) is 14.0. The van der Waals surface area contributed by atoms with Crippen LogP contribution in [0.4, 0.5) is 0 Å². The van der Waals surface area contributed by atoms with Crippen molar-refractivity contribution in [3.63, 3.8) is 0 Å². The van der Waals surface area contributed by atoms with E-state index in [9.17, 15) is 4.79 Å². The lowest BCUT2D eigenvalue weighted by Gasteiger charge is -2.35. The molecule has 0 aliphatic carbocycles. The van der Waals surface area contributed by atoms with Gasteiger partial charge in [0, 0.05) is 25.0 Å². The van der Waals surface area contributed by atoms with Gasteiger partial charge in [0.05, 0.1) is 12.2 Å². The highest BCUT2D eigenvalue weighted by Gasteiger charge is 2.34. The van der Waals surface area contributed by atoms with E-state index in [4.69, 9.17) is 4.74 Å². The Hall–Kier alpha value is -0.670. The number of hydrogen-bond donors (Lipinski definition) is 0. The summed E-state index contributed by atoms with van der Waals surface area (Å²) in [7, 11) is 0. The van der Waals surface area contributed by atoms with Crippen LogP contribution in [0.25, 0.3) is 0 Å². The maximum Gasteiger partial charge on any atom is 0.157 e. The van der Waals surface area contributed by atoms with Gasteiger partial charge in [-0.25, -0.2) is 0 Å². The van der Waals surface area contributed by atoms with Crippen molar-refractivity contribution in [3.8, 4) is 0 Å². The first-order chi connectivity index (χ1) is 8.06. The van der Waals surface area contributed by atoms with Crippen molar-refractivity contribution in [1.82, 2.24) is 4.90 Å². The quantitative estimate of drug-likeness (QED) is 0.701. The topological polar surface area (TPSA) is 29.5 Å². The van der Waals surface area contributed by atoms with Gasteiger partial charge in [0.2, 0.25) is 0 Å². The van der Waals surface area contributed by atoms with Gasteiger partial charge in [-0.15, -0.1) is 0 Å². The first-order valence-electron chi connectivity index (χ1n) is 6.68. The van der Waals surface area contributed by atoms with Crippen molar-refractivity contribution < 1.29 is 9.53 Å². The Morgan fingerprint density at radius 2 is 1.82 bits per heavy atom. The number of fused-ring (bicyclic) bond motifs is 2. The van der Waals surface area contributed by atoms with Gasteiger partial charge in [0.1, 0.15) is 0 Å². The number of ether oxygens (including phenoxy) is 1. The molecular formula is C14H23NO2. The van der Waals surface area contributed by atoms with E-state index in [-0.39, 0.29) is 11.7 Å². The summed E-state index contributed by atoms with van der Waals surface area (Å²) < 4.78 is 5.81. The normalized spacial score (nSPS) is 31.3. The molecule has 0 aromatic carbocycles. The van der Waals surface area contributed by atoms with Crippen LogP contribution in [0.5, 0.6) is 0 Å². The molecule has 2 rings (SSSR count). The van der Waals surface area contributed by atoms with Gasteiger partial charge >= 0.3 is 0 Å². The second kappa shape index (κ2) is 5.32. The maximum absolute atomic E-state index is 11.5. The van der Waals surface area contributed by atoms with Crippen molar-refractivity contribution in [1.29, 1.82) is 0 Å². The Balaban J connectivity index is 1.88. The SMILES string of the molecule is CC(C)C(=O)/C=C/C(C)N1CC2CCC(C1)O2. The van der Waals surface area contributed by atoms with Crippen LogP contribution in [-0.2, 0) is 9.53 Å². The molecule has 2 bridgehead atoms. The Morgan fingerprint density at radius 1 is 1.24 bits per heavy atom. The summed E-state index contributed by atoms with van der Waals surface area (Å²) in [5, 5.41) is 0. The van der Waals surface area contributed by atoms with E-state index in [0.717, 1.165) is 13.1 Å². The number of carbonyl (C=O) groups is 1. The van der Waals surface area contributed by atoms with Crippen LogP contribution in [0.3, 0.4) is 0 Å². The second-order valence-electron chi connectivity index (χ2n) is 5.57. The Bertz CT molecular complexity index is 299. The maximum atomic E-state index is 11.5. The Morgan fingerprint density at radius 3 is 2.35 bits per heavy atom. The van der Waals surface area contributed by atoms with Gasteiger partial charge in [-0.05, 0) is 25.8 Å². The molecule has 0 spiro atoms. The first kappa shape index (κ1) is 12.8. The molecule has 3 atom stereocenters. The lowest BCUT2D eigenvalue weighted by Crippen LogP contribution is -2.46. The van der Waals surface area contributed by atoms with Gasteiger partial charge < -0.3 is 4.74 Å². The fourth-order valence-electron chi connectivity index (χ4n) is 2.53. The third-order valence-electron chi connectivity index (χ3n) is 3.76. The second-order valence-corrected chi connectivity index (χ2v) is 5.57. The molecule has 3 unspecified atom stereocenters. The average Bonchev–Trinajstić information content (AvgIpc) is 2.64. The molecule has 2 fully saturated rings. The predicted molar refractivity (Wildman–Crippen MR) is 67.9 cm³/mol. The zero-order valence-corrected chi connectivity index (χ0v) is 11.1. The average molecular weight is 237 g/mol. The molecule has 96 valence electrons. The van der Waals surface area contributed by atoms with Gasteiger partial charge in [-0.3, -0.25) is 9.69 Å². The van der Waals surface area contributed by atoms with Crippen LogP contribution in [0.2, 0.25) is 0 Å². The minimum absolute atomic E-state index is 0.0966. The summed E-state index contributed by atoms with van der Waals surface area (Å²) in [6.45, 7) is 8.06. The predicted octanol–water partition coefficient (Wildman–Crippen LogP) is 2.02. The third-order valence-corrected chi connectivity index (χ3v) is 3.76. The molecular weight excluding hydrogens is 214 g/mol. The van der Waals surface area contributed by atoms with E-state index in [1.54, 1.807) is 6.08 Å². The minimum atomic E-state index is 0.0966. The van der Waals surface area contributed by atoms with Gasteiger partial charge in [-0.1, -0.05) is 19.9 Å². The first-order valence-corrected chi connectivity index (χ1v) is 6.68. The molecule has 2 heterocycles. The number of rotatable bonds is 4. The summed E-state index contributed by atoms with van der Waals surface area (Å²) in [6.07, 6.45) is 7.01.